The Labute approximate surface area is 139 Å². The van der Waals surface area contributed by atoms with Crippen LogP contribution in [0.3, 0.4) is 0 Å². The molecule has 0 aliphatic carbocycles. The van der Waals surface area contributed by atoms with Crippen molar-refractivity contribution in [1.29, 1.82) is 0 Å². The van der Waals surface area contributed by atoms with Crippen molar-refractivity contribution >= 4 is 42.1 Å². The highest BCUT2D eigenvalue weighted by atomic mass is 35.5. The van der Waals surface area contributed by atoms with E-state index in [2.05, 4.69) is 16.3 Å². The molecule has 0 unspecified atom stereocenters. The first-order valence-corrected chi connectivity index (χ1v) is 7.15. The molecule has 1 aliphatic rings. The number of carbonyl (C=O) groups excluding carboxylic acids is 1. The standard InChI is InChI=1S/C15H23N3O.2ClH/c16-10-9-15(19)17-13-7-3-4-8-14(13)18-11-5-1-2-6-12-18;;/h3-4,7-8H,1-2,5-6,9-12,16H2,(H,17,19);2*1H. The van der Waals surface area contributed by atoms with E-state index in [1.807, 2.05) is 18.2 Å². The van der Waals surface area contributed by atoms with E-state index in [0.29, 0.717) is 13.0 Å². The molecule has 6 heteroatoms. The third-order valence-electron chi connectivity index (χ3n) is 3.50. The highest BCUT2D eigenvalue weighted by molar-refractivity contribution is 5.94. The zero-order chi connectivity index (χ0) is 13.5. The number of benzene rings is 1. The van der Waals surface area contributed by atoms with Crippen LogP contribution in [0, 0.1) is 0 Å². The van der Waals surface area contributed by atoms with Crippen molar-refractivity contribution < 1.29 is 4.79 Å². The summed E-state index contributed by atoms with van der Waals surface area (Å²) in [6, 6.07) is 8.04. The minimum absolute atomic E-state index is 0. The second-order valence-corrected chi connectivity index (χ2v) is 5.01. The number of nitrogens with one attached hydrogen (secondary N) is 1. The third kappa shape index (κ3) is 6.12. The molecule has 0 radical (unpaired) electrons. The number of hydrogen-bond donors (Lipinski definition) is 2. The highest BCUT2D eigenvalue weighted by Crippen LogP contribution is 2.27. The molecule has 1 aliphatic heterocycles. The maximum atomic E-state index is 11.7. The normalized spacial score (nSPS) is 14.4. The van der Waals surface area contributed by atoms with Gasteiger partial charge >= 0.3 is 0 Å². The Morgan fingerprint density at radius 3 is 2.33 bits per heavy atom. The van der Waals surface area contributed by atoms with E-state index < -0.39 is 0 Å². The zero-order valence-electron chi connectivity index (χ0n) is 12.2. The second kappa shape index (κ2) is 10.7. The Balaban J connectivity index is 0.00000200. The predicted molar refractivity (Wildman–Crippen MR) is 93.9 cm³/mol. The molecule has 1 aromatic rings. The molecule has 1 heterocycles. The maximum Gasteiger partial charge on any atom is 0.225 e. The van der Waals surface area contributed by atoms with Crippen molar-refractivity contribution in [2.24, 2.45) is 5.73 Å². The summed E-state index contributed by atoms with van der Waals surface area (Å²) in [6.45, 7) is 2.53. The fraction of sp³-hybridized carbons (Fsp3) is 0.533. The molecule has 0 saturated carbocycles. The van der Waals surface area contributed by atoms with Gasteiger partial charge in [-0.2, -0.15) is 0 Å². The quantitative estimate of drug-likeness (QED) is 0.889. The molecular formula is C15H25Cl2N3O. The van der Waals surface area contributed by atoms with Crippen molar-refractivity contribution in [3.05, 3.63) is 24.3 Å². The van der Waals surface area contributed by atoms with Gasteiger partial charge in [0.05, 0.1) is 11.4 Å². The van der Waals surface area contributed by atoms with Crippen LogP contribution < -0.4 is 16.0 Å². The van der Waals surface area contributed by atoms with Crippen molar-refractivity contribution in [3.63, 3.8) is 0 Å². The Hall–Kier alpha value is -0.970. The number of para-hydroxylation sites is 2. The van der Waals surface area contributed by atoms with Crippen molar-refractivity contribution in [3.8, 4) is 0 Å². The van der Waals surface area contributed by atoms with Gasteiger partial charge in [0.2, 0.25) is 5.91 Å². The molecule has 0 spiro atoms. The molecule has 2 rings (SSSR count). The fourth-order valence-electron chi connectivity index (χ4n) is 2.51. The van der Waals surface area contributed by atoms with Gasteiger partial charge in [0.25, 0.3) is 0 Å². The van der Waals surface area contributed by atoms with Crippen molar-refractivity contribution in [2.75, 3.05) is 29.9 Å². The zero-order valence-corrected chi connectivity index (χ0v) is 13.8. The Morgan fingerprint density at radius 2 is 1.71 bits per heavy atom. The number of amides is 1. The average Bonchev–Trinajstić information content (AvgIpc) is 2.68. The van der Waals surface area contributed by atoms with Crippen LogP contribution in [0.4, 0.5) is 11.4 Å². The van der Waals surface area contributed by atoms with Crippen LogP contribution in [0.15, 0.2) is 24.3 Å². The van der Waals surface area contributed by atoms with Crippen LogP contribution >= 0.6 is 24.8 Å². The SMILES string of the molecule is Cl.Cl.NCCC(=O)Nc1ccccc1N1CCCCCC1. The minimum Gasteiger partial charge on any atom is -0.370 e. The van der Waals surface area contributed by atoms with E-state index in [-0.39, 0.29) is 30.7 Å². The molecule has 120 valence electrons. The maximum absolute atomic E-state index is 11.7. The number of nitrogens with two attached hydrogens (primary N) is 1. The topological polar surface area (TPSA) is 58.4 Å². The number of carbonyl (C=O) groups is 1. The largest absolute Gasteiger partial charge is 0.370 e. The Bertz CT molecular complexity index is 421. The minimum atomic E-state index is -0.00947. The molecule has 1 amide bonds. The summed E-state index contributed by atoms with van der Waals surface area (Å²) in [7, 11) is 0. The monoisotopic (exact) mass is 333 g/mol. The Morgan fingerprint density at radius 1 is 1.10 bits per heavy atom. The van der Waals surface area contributed by atoms with Crippen molar-refractivity contribution in [2.45, 2.75) is 32.1 Å². The summed E-state index contributed by atoms with van der Waals surface area (Å²) in [5, 5.41) is 2.97. The molecule has 21 heavy (non-hydrogen) atoms. The summed E-state index contributed by atoms with van der Waals surface area (Å²) in [4.78, 5) is 14.1. The van der Waals surface area contributed by atoms with Gasteiger partial charge in [-0.05, 0) is 25.0 Å². The lowest BCUT2D eigenvalue weighted by molar-refractivity contribution is -0.116. The van der Waals surface area contributed by atoms with E-state index in [1.54, 1.807) is 0 Å². The summed E-state index contributed by atoms with van der Waals surface area (Å²) in [5.41, 5.74) is 7.45. The van der Waals surface area contributed by atoms with Gasteiger partial charge in [0.1, 0.15) is 0 Å². The first-order chi connectivity index (χ1) is 9.31. The van der Waals surface area contributed by atoms with Crippen LogP contribution in [-0.2, 0) is 4.79 Å². The predicted octanol–water partition coefficient (Wildman–Crippen LogP) is 3.20. The molecular weight excluding hydrogens is 309 g/mol. The number of rotatable bonds is 4. The van der Waals surface area contributed by atoms with E-state index >= 15 is 0 Å². The molecule has 1 aromatic carbocycles. The van der Waals surface area contributed by atoms with Crippen LogP contribution in [0.25, 0.3) is 0 Å². The molecule has 4 nitrogen and oxygen atoms in total. The first kappa shape index (κ1) is 20.0. The smallest absolute Gasteiger partial charge is 0.225 e. The molecule has 1 fully saturated rings. The first-order valence-electron chi connectivity index (χ1n) is 7.15. The van der Waals surface area contributed by atoms with Crippen LogP contribution in [0.1, 0.15) is 32.1 Å². The van der Waals surface area contributed by atoms with Gasteiger partial charge in [0, 0.05) is 26.1 Å². The summed E-state index contributed by atoms with van der Waals surface area (Å²) < 4.78 is 0. The molecule has 0 atom stereocenters. The van der Waals surface area contributed by atoms with Gasteiger partial charge in [-0.1, -0.05) is 25.0 Å². The summed E-state index contributed by atoms with van der Waals surface area (Å²) in [5.74, 6) is -0.00947. The molecule has 3 N–H and O–H groups in total. The molecule has 1 saturated heterocycles. The van der Waals surface area contributed by atoms with Gasteiger partial charge in [-0.3, -0.25) is 4.79 Å². The number of anilines is 2. The Kier molecular flexibility index (Phi) is 10.2. The van der Waals surface area contributed by atoms with Gasteiger partial charge in [-0.15, -0.1) is 24.8 Å². The number of nitrogens with zero attached hydrogens (tertiary/aromatic N) is 1. The van der Waals surface area contributed by atoms with E-state index in [1.165, 1.54) is 25.7 Å². The van der Waals surface area contributed by atoms with E-state index in [9.17, 15) is 4.79 Å². The number of hydrogen-bond acceptors (Lipinski definition) is 3. The fourth-order valence-corrected chi connectivity index (χ4v) is 2.51. The van der Waals surface area contributed by atoms with Gasteiger partial charge in [0.15, 0.2) is 0 Å². The van der Waals surface area contributed by atoms with Crippen LogP contribution in [0.2, 0.25) is 0 Å². The lowest BCUT2D eigenvalue weighted by Gasteiger charge is -2.25. The second-order valence-electron chi connectivity index (χ2n) is 5.01. The highest BCUT2D eigenvalue weighted by Gasteiger charge is 2.14. The van der Waals surface area contributed by atoms with Crippen molar-refractivity contribution in [1.82, 2.24) is 0 Å². The van der Waals surface area contributed by atoms with E-state index in [4.69, 9.17) is 5.73 Å². The van der Waals surface area contributed by atoms with Crippen LogP contribution in [-0.4, -0.2) is 25.5 Å². The van der Waals surface area contributed by atoms with Crippen LogP contribution in [0.5, 0.6) is 0 Å². The molecule has 0 bridgehead atoms. The third-order valence-corrected chi connectivity index (χ3v) is 3.50. The average molecular weight is 334 g/mol. The summed E-state index contributed by atoms with van der Waals surface area (Å²) in [6.07, 6.45) is 5.43. The lowest BCUT2D eigenvalue weighted by atomic mass is 10.2. The molecule has 0 aromatic heterocycles. The summed E-state index contributed by atoms with van der Waals surface area (Å²) >= 11 is 0. The number of halogens is 2. The van der Waals surface area contributed by atoms with Gasteiger partial charge in [-0.25, -0.2) is 0 Å². The lowest BCUT2D eigenvalue weighted by Crippen LogP contribution is -2.26. The van der Waals surface area contributed by atoms with Gasteiger partial charge < -0.3 is 16.0 Å². The van der Waals surface area contributed by atoms with E-state index in [0.717, 1.165) is 24.5 Å².